The van der Waals surface area contributed by atoms with Crippen molar-refractivity contribution in [1.29, 1.82) is 0 Å². The second-order valence-electron chi connectivity index (χ2n) is 4.13. The van der Waals surface area contributed by atoms with E-state index in [1.54, 1.807) is 6.07 Å². The van der Waals surface area contributed by atoms with Crippen LogP contribution in [0.2, 0.25) is 0 Å². The number of hydrogen-bond donors (Lipinski definition) is 2. The SMILES string of the molecule is COc1cccc([C@@H](N)CC(C)C)c1O. The summed E-state index contributed by atoms with van der Waals surface area (Å²) in [5.74, 6) is 1.14. The van der Waals surface area contributed by atoms with Crippen LogP contribution in [-0.4, -0.2) is 12.2 Å². The largest absolute Gasteiger partial charge is 0.504 e. The minimum atomic E-state index is -0.139. The van der Waals surface area contributed by atoms with Crippen LogP contribution in [0, 0.1) is 5.92 Å². The molecule has 0 aromatic heterocycles. The van der Waals surface area contributed by atoms with Gasteiger partial charge in [-0.3, -0.25) is 0 Å². The minimum Gasteiger partial charge on any atom is -0.504 e. The number of benzene rings is 1. The Bertz CT molecular complexity index is 323. The first kappa shape index (κ1) is 11.9. The topological polar surface area (TPSA) is 55.5 Å². The number of ether oxygens (including phenoxy) is 1. The van der Waals surface area contributed by atoms with E-state index in [0.29, 0.717) is 11.7 Å². The van der Waals surface area contributed by atoms with Crippen molar-refractivity contribution in [1.82, 2.24) is 0 Å². The molecule has 0 aliphatic carbocycles. The standard InChI is InChI=1S/C12H19NO2/c1-8(2)7-10(13)9-5-4-6-11(15-3)12(9)14/h4-6,8,10,14H,7,13H2,1-3H3/t10-/m0/s1. The van der Waals surface area contributed by atoms with E-state index in [2.05, 4.69) is 13.8 Å². The van der Waals surface area contributed by atoms with Crippen molar-refractivity contribution in [2.24, 2.45) is 11.7 Å². The summed E-state index contributed by atoms with van der Waals surface area (Å²) < 4.78 is 5.04. The highest BCUT2D eigenvalue weighted by atomic mass is 16.5. The van der Waals surface area contributed by atoms with Gasteiger partial charge in [-0.25, -0.2) is 0 Å². The second kappa shape index (κ2) is 5.03. The molecule has 0 bridgehead atoms. The third-order valence-electron chi connectivity index (χ3n) is 2.37. The van der Waals surface area contributed by atoms with Gasteiger partial charge in [0.05, 0.1) is 7.11 Å². The quantitative estimate of drug-likeness (QED) is 0.800. The fraction of sp³-hybridized carbons (Fsp3) is 0.500. The van der Waals surface area contributed by atoms with Crippen LogP contribution >= 0.6 is 0 Å². The van der Waals surface area contributed by atoms with Crippen molar-refractivity contribution in [3.8, 4) is 11.5 Å². The number of phenols is 1. The lowest BCUT2D eigenvalue weighted by molar-refractivity contribution is 0.366. The van der Waals surface area contributed by atoms with Gasteiger partial charge < -0.3 is 15.6 Å². The van der Waals surface area contributed by atoms with Gasteiger partial charge in [0.25, 0.3) is 0 Å². The summed E-state index contributed by atoms with van der Waals surface area (Å²) in [7, 11) is 1.53. The number of aromatic hydroxyl groups is 1. The summed E-state index contributed by atoms with van der Waals surface area (Å²) >= 11 is 0. The van der Waals surface area contributed by atoms with Crippen LogP contribution in [0.3, 0.4) is 0 Å². The Morgan fingerprint density at radius 1 is 1.40 bits per heavy atom. The van der Waals surface area contributed by atoms with Crippen LogP contribution in [0.5, 0.6) is 11.5 Å². The van der Waals surface area contributed by atoms with Crippen LogP contribution < -0.4 is 10.5 Å². The molecule has 0 radical (unpaired) electrons. The molecule has 0 heterocycles. The summed E-state index contributed by atoms with van der Waals surface area (Å²) in [6.45, 7) is 4.22. The molecule has 3 N–H and O–H groups in total. The number of para-hydroxylation sites is 1. The van der Waals surface area contributed by atoms with Crippen molar-refractivity contribution in [3.63, 3.8) is 0 Å². The maximum atomic E-state index is 9.87. The Labute approximate surface area is 90.9 Å². The Balaban J connectivity index is 2.93. The van der Waals surface area contributed by atoms with Crippen molar-refractivity contribution in [2.45, 2.75) is 26.3 Å². The first-order valence-electron chi connectivity index (χ1n) is 5.17. The van der Waals surface area contributed by atoms with Crippen LogP contribution in [0.25, 0.3) is 0 Å². The number of nitrogens with two attached hydrogens (primary N) is 1. The predicted molar refractivity (Wildman–Crippen MR) is 61.0 cm³/mol. The van der Waals surface area contributed by atoms with E-state index in [9.17, 15) is 5.11 Å². The molecule has 1 atom stereocenters. The number of rotatable bonds is 4. The van der Waals surface area contributed by atoms with Gasteiger partial charge in [0, 0.05) is 11.6 Å². The number of hydrogen-bond acceptors (Lipinski definition) is 3. The first-order valence-corrected chi connectivity index (χ1v) is 5.17. The summed E-state index contributed by atoms with van der Waals surface area (Å²) in [6, 6.07) is 5.26. The molecule has 3 heteroatoms. The third-order valence-corrected chi connectivity index (χ3v) is 2.37. The maximum absolute atomic E-state index is 9.87. The smallest absolute Gasteiger partial charge is 0.162 e. The predicted octanol–water partition coefficient (Wildman–Crippen LogP) is 2.45. The van der Waals surface area contributed by atoms with E-state index in [1.165, 1.54) is 7.11 Å². The molecule has 3 nitrogen and oxygen atoms in total. The summed E-state index contributed by atoms with van der Waals surface area (Å²) in [6.07, 6.45) is 0.848. The van der Waals surface area contributed by atoms with Gasteiger partial charge in [0.1, 0.15) is 0 Å². The zero-order valence-electron chi connectivity index (χ0n) is 9.53. The van der Waals surface area contributed by atoms with Crippen LogP contribution in [0.15, 0.2) is 18.2 Å². The molecule has 0 aliphatic heterocycles. The second-order valence-corrected chi connectivity index (χ2v) is 4.13. The monoisotopic (exact) mass is 209 g/mol. The minimum absolute atomic E-state index is 0.139. The highest BCUT2D eigenvalue weighted by Gasteiger charge is 2.15. The van der Waals surface area contributed by atoms with E-state index in [1.807, 2.05) is 12.1 Å². The average Bonchev–Trinajstić information content (AvgIpc) is 2.17. The van der Waals surface area contributed by atoms with Gasteiger partial charge in [-0.05, 0) is 18.4 Å². The van der Waals surface area contributed by atoms with Crippen molar-refractivity contribution >= 4 is 0 Å². The van der Waals surface area contributed by atoms with E-state index >= 15 is 0 Å². The maximum Gasteiger partial charge on any atom is 0.162 e. The van der Waals surface area contributed by atoms with Gasteiger partial charge >= 0.3 is 0 Å². The molecule has 0 aliphatic rings. The fourth-order valence-corrected chi connectivity index (χ4v) is 1.64. The third kappa shape index (κ3) is 2.86. The lowest BCUT2D eigenvalue weighted by Gasteiger charge is -2.17. The molecule has 84 valence electrons. The molecule has 0 saturated heterocycles. The van der Waals surface area contributed by atoms with E-state index < -0.39 is 0 Å². The highest BCUT2D eigenvalue weighted by Crippen LogP contribution is 2.34. The fourth-order valence-electron chi connectivity index (χ4n) is 1.64. The van der Waals surface area contributed by atoms with Gasteiger partial charge in [-0.2, -0.15) is 0 Å². The van der Waals surface area contributed by atoms with Crippen molar-refractivity contribution < 1.29 is 9.84 Å². The van der Waals surface area contributed by atoms with Crippen LogP contribution in [0.1, 0.15) is 31.9 Å². The van der Waals surface area contributed by atoms with Gasteiger partial charge in [-0.15, -0.1) is 0 Å². The molecule has 0 amide bonds. The molecule has 1 aromatic carbocycles. The van der Waals surface area contributed by atoms with Crippen molar-refractivity contribution in [2.75, 3.05) is 7.11 Å². The van der Waals surface area contributed by atoms with Crippen LogP contribution in [0.4, 0.5) is 0 Å². The van der Waals surface area contributed by atoms with E-state index in [-0.39, 0.29) is 11.8 Å². The molecule has 15 heavy (non-hydrogen) atoms. The average molecular weight is 209 g/mol. The molecular weight excluding hydrogens is 190 g/mol. The lowest BCUT2D eigenvalue weighted by atomic mass is 9.97. The zero-order chi connectivity index (χ0) is 11.4. The van der Waals surface area contributed by atoms with Crippen molar-refractivity contribution in [3.05, 3.63) is 23.8 Å². The molecule has 0 fully saturated rings. The van der Waals surface area contributed by atoms with Gasteiger partial charge in [-0.1, -0.05) is 26.0 Å². The summed E-state index contributed by atoms with van der Waals surface area (Å²) in [5, 5.41) is 9.87. The summed E-state index contributed by atoms with van der Waals surface area (Å²) in [4.78, 5) is 0. The Morgan fingerprint density at radius 2 is 2.07 bits per heavy atom. The van der Waals surface area contributed by atoms with Gasteiger partial charge in [0.2, 0.25) is 0 Å². The summed E-state index contributed by atoms with van der Waals surface area (Å²) in [5.41, 5.74) is 6.76. The molecule has 1 rings (SSSR count). The lowest BCUT2D eigenvalue weighted by Crippen LogP contribution is -2.13. The first-order chi connectivity index (χ1) is 7.06. The molecule has 0 saturated carbocycles. The van der Waals surface area contributed by atoms with E-state index in [4.69, 9.17) is 10.5 Å². The molecule has 0 spiro atoms. The Hall–Kier alpha value is -1.22. The van der Waals surface area contributed by atoms with Crippen LogP contribution in [-0.2, 0) is 0 Å². The molecule has 1 aromatic rings. The number of phenolic OH excluding ortho intramolecular Hbond substituents is 1. The molecular formula is C12H19NO2. The Morgan fingerprint density at radius 3 is 2.60 bits per heavy atom. The number of methoxy groups -OCH3 is 1. The van der Waals surface area contributed by atoms with E-state index in [0.717, 1.165) is 12.0 Å². The normalized spacial score (nSPS) is 12.9. The highest BCUT2D eigenvalue weighted by molar-refractivity contribution is 5.46. The Kier molecular flexibility index (Phi) is 3.97. The van der Waals surface area contributed by atoms with Gasteiger partial charge in [0.15, 0.2) is 11.5 Å². The zero-order valence-corrected chi connectivity index (χ0v) is 9.53. The molecule has 0 unspecified atom stereocenters.